The minimum absolute atomic E-state index is 0.0353. The normalized spacial score (nSPS) is 17.5. The molecule has 0 bridgehead atoms. The largest absolute Gasteiger partial charge is 0.471 e. The van der Waals surface area contributed by atoms with Crippen LogP contribution in [-0.4, -0.2) is 40.0 Å². The van der Waals surface area contributed by atoms with E-state index in [0.717, 1.165) is 12.0 Å². The molecule has 1 aliphatic heterocycles. The van der Waals surface area contributed by atoms with E-state index in [0.29, 0.717) is 30.4 Å². The molecule has 2 heterocycles. The number of hydrogen-bond acceptors (Lipinski definition) is 4. The lowest BCUT2D eigenvalue weighted by Gasteiger charge is -2.17. The Kier molecular flexibility index (Phi) is 4.53. The SMILES string of the molecule is O=C(Cc1ccccc1Cl)N1CCC(Oc2cnccn2)C1. The van der Waals surface area contributed by atoms with Crippen LogP contribution >= 0.6 is 11.6 Å². The van der Waals surface area contributed by atoms with Gasteiger partial charge in [0.2, 0.25) is 11.8 Å². The maximum Gasteiger partial charge on any atom is 0.232 e. The number of ether oxygens (including phenoxy) is 1. The third-order valence-electron chi connectivity index (χ3n) is 3.62. The fourth-order valence-corrected chi connectivity index (χ4v) is 2.69. The van der Waals surface area contributed by atoms with Crippen LogP contribution in [0.1, 0.15) is 12.0 Å². The van der Waals surface area contributed by atoms with Crippen molar-refractivity contribution in [3.05, 3.63) is 53.4 Å². The van der Waals surface area contributed by atoms with Crippen molar-refractivity contribution >= 4 is 17.5 Å². The number of carbonyl (C=O) groups is 1. The molecule has 1 atom stereocenters. The highest BCUT2D eigenvalue weighted by molar-refractivity contribution is 6.31. The predicted octanol–water partition coefficient (Wildman–Crippen LogP) is 2.35. The van der Waals surface area contributed by atoms with Gasteiger partial charge in [-0.25, -0.2) is 4.98 Å². The van der Waals surface area contributed by atoms with E-state index in [2.05, 4.69) is 9.97 Å². The smallest absolute Gasteiger partial charge is 0.232 e. The summed E-state index contributed by atoms with van der Waals surface area (Å²) >= 11 is 6.10. The Morgan fingerprint density at radius 1 is 1.36 bits per heavy atom. The van der Waals surface area contributed by atoms with Gasteiger partial charge in [-0.3, -0.25) is 9.78 Å². The number of hydrogen-bond donors (Lipinski definition) is 0. The fraction of sp³-hybridized carbons (Fsp3) is 0.312. The third kappa shape index (κ3) is 3.54. The van der Waals surface area contributed by atoms with E-state index in [9.17, 15) is 4.79 Å². The van der Waals surface area contributed by atoms with Crippen molar-refractivity contribution in [3.63, 3.8) is 0 Å². The molecule has 0 saturated carbocycles. The molecule has 2 aromatic rings. The number of nitrogens with zero attached hydrogens (tertiary/aromatic N) is 3. The van der Waals surface area contributed by atoms with Crippen LogP contribution in [-0.2, 0) is 11.2 Å². The van der Waals surface area contributed by atoms with Gasteiger partial charge in [-0.1, -0.05) is 29.8 Å². The minimum Gasteiger partial charge on any atom is -0.471 e. The van der Waals surface area contributed by atoms with Crippen molar-refractivity contribution in [3.8, 4) is 5.88 Å². The molecule has 114 valence electrons. The van der Waals surface area contributed by atoms with Crippen LogP contribution in [0.25, 0.3) is 0 Å². The Morgan fingerprint density at radius 2 is 2.23 bits per heavy atom. The topological polar surface area (TPSA) is 55.3 Å². The van der Waals surface area contributed by atoms with Crippen LogP contribution in [0.2, 0.25) is 5.02 Å². The van der Waals surface area contributed by atoms with Gasteiger partial charge in [0.05, 0.1) is 19.2 Å². The first kappa shape index (κ1) is 14.8. The van der Waals surface area contributed by atoms with E-state index in [1.54, 1.807) is 24.7 Å². The summed E-state index contributed by atoms with van der Waals surface area (Å²) in [5.74, 6) is 0.561. The van der Waals surface area contributed by atoms with Gasteiger partial charge in [0.25, 0.3) is 0 Å². The number of carbonyl (C=O) groups excluding carboxylic acids is 1. The quantitative estimate of drug-likeness (QED) is 0.868. The van der Waals surface area contributed by atoms with E-state index < -0.39 is 0 Å². The molecule has 1 aromatic carbocycles. The van der Waals surface area contributed by atoms with Gasteiger partial charge in [0, 0.05) is 30.4 Å². The standard InChI is InChI=1S/C16H16ClN3O2/c17-14-4-2-1-3-12(14)9-16(21)20-8-5-13(11-20)22-15-10-18-6-7-19-15/h1-4,6-7,10,13H,5,8-9,11H2. The first-order valence-corrected chi connectivity index (χ1v) is 7.54. The highest BCUT2D eigenvalue weighted by Crippen LogP contribution is 2.19. The van der Waals surface area contributed by atoms with Gasteiger partial charge in [0.15, 0.2) is 0 Å². The summed E-state index contributed by atoms with van der Waals surface area (Å²) in [7, 11) is 0. The monoisotopic (exact) mass is 317 g/mol. The lowest BCUT2D eigenvalue weighted by Crippen LogP contribution is -2.32. The number of halogens is 1. The lowest BCUT2D eigenvalue weighted by molar-refractivity contribution is -0.129. The van der Waals surface area contributed by atoms with Crippen LogP contribution in [0.3, 0.4) is 0 Å². The number of amides is 1. The average Bonchev–Trinajstić information content (AvgIpc) is 2.99. The van der Waals surface area contributed by atoms with Gasteiger partial charge in [0.1, 0.15) is 6.10 Å². The summed E-state index contributed by atoms with van der Waals surface area (Å²) in [5, 5.41) is 0.627. The molecular formula is C16H16ClN3O2. The van der Waals surface area contributed by atoms with Crippen LogP contribution in [0.5, 0.6) is 5.88 Å². The predicted molar refractivity (Wildman–Crippen MR) is 82.8 cm³/mol. The number of likely N-dealkylation sites (tertiary alicyclic amines) is 1. The molecule has 1 saturated heterocycles. The second-order valence-corrected chi connectivity index (χ2v) is 5.59. The van der Waals surface area contributed by atoms with Crippen LogP contribution in [0.15, 0.2) is 42.9 Å². The van der Waals surface area contributed by atoms with Crippen LogP contribution in [0.4, 0.5) is 0 Å². The Labute approximate surface area is 133 Å². The molecule has 1 amide bonds. The van der Waals surface area contributed by atoms with Gasteiger partial charge < -0.3 is 9.64 Å². The second kappa shape index (κ2) is 6.75. The molecule has 1 unspecified atom stereocenters. The molecule has 0 radical (unpaired) electrons. The molecular weight excluding hydrogens is 302 g/mol. The highest BCUT2D eigenvalue weighted by atomic mass is 35.5. The van der Waals surface area contributed by atoms with E-state index in [4.69, 9.17) is 16.3 Å². The molecule has 1 aliphatic rings. The van der Waals surface area contributed by atoms with Crippen molar-refractivity contribution in [1.82, 2.24) is 14.9 Å². The number of benzene rings is 1. The molecule has 1 fully saturated rings. The fourth-order valence-electron chi connectivity index (χ4n) is 2.48. The first-order chi connectivity index (χ1) is 10.7. The molecule has 6 heteroatoms. The molecule has 0 N–H and O–H groups in total. The van der Waals surface area contributed by atoms with Crippen LogP contribution in [0, 0.1) is 0 Å². The Balaban J connectivity index is 1.56. The highest BCUT2D eigenvalue weighted by Gasteiger charge is 2.28. The molecule has 22 heavy (non-hydrogen) atoms. The zero-order chi connectivity index (χ0) is 15.4. The molecule has 5 nitrogen and oxygen atoms in total. The zero-order valence-electron chi connectivity index (χ0n) is 12.0. The summed E-state index contributed by atoms with van der Waals surface area (Å²) in [6.07, 6.45) is 5.84. The maximum atomic E-state index is 12.3. The van der Waals surface area contributed by atoms with E-state index in [1.807, 2.05) is 23.1 Å². The van der Waals surface area contributed by atoms with Gasteiger partial charge in [-0.2, -0.15) is 0 Å². The van der Waals surface area contributed by atoms with E-state index >= 15 is 0 Å². The van der Waals surface area contributed by atoms with Gasteiger partial charge in [-0.15, -0.1) is 0 Å². The molecule has 0 spiro atoms. The summed E-state index contributed by atoms with van der Waals surface area (Å²) in [6, 6.07) is 7.42. The minimum atomic E-state index is -0.0353. The van der Waals surface area contributed by atoms with Crippen molar-refractivity contribution in [2.75, 3.05) is 13.1 Å². The number of rotatable bonds is 4. The third-order valence-corrected chi connectivity index (χ3v) is 3.99. The lowest BCUT2D eigenvalue weighted by atomic mass is 10.1. The van der Waals surface area contributed by atoms with Crippen molar-refractivity contribution in [2.24, 2.45) is 0 Å². The van der Waals surface area contributed by atoms with E-state index in [1.165, 1.54) is 0 Å². The van der Waals surface area contributed by atoms with Crippen molar-refractivity contribution in [2.45, 2.75) is 18.9 Å². The molecule has 0 aliphatic carbocycles. The van der Waals surface area contributed by atoms with Crippen molar-refractivity contribution < 1.29 is 9.53 Å². The average molecular weight is 318 g/mol. The Morgan fingerprint density at radius 3 is 3.00 bits per heavy atom. The first-order valence-electron chi connectivity index (χ1n) is 7.16. The summed E-state index contributed by atoms with van der Waals surface area (Å²) in [6.45, 7) is 1.26. The molecule has 1 aromatic heterocycles. The summed E-state index contributed by atoms with van der Waals surface area (Å²) in [4.78, 5) is 22.2. The van der Waals surface area contributed by atoms with Crippen molar-refractivity contribution in [1.29, 1.82) is 0 Å². The number of aromatic nitrogens is 2. The second-order valence-electron chi connectivity index (χ2n) is 5.18. The van der Waals surface area contributed by atoms with Crippen LogP contribution < -0.4 is 4.74 Å². The maximum absolute atomic E-state index is 12.3. The van der Waals surface area contributed by atoms with E-state index in [-0.39, 0.29) is 12.0 Å². The Hall–Kier alpha value is -2.14. The molecule has 3 rings (SSSR count). The Bertz CT molecular complexity index is 651. The van der Waals surface area contributed by atoms with Gasteiger partial charge >= 0.3 is 0 Å². The summed E-state index contributed by atoms with van der Waals surface area (Å²) in [5.41, 5.74) is 0.854. The van der Waals surface area contributed by atoms with Gasteiger partial charge in [-0.05, 0) is 11.6 Å². The summed E-state index contributed by atoms with van der Waals surface area (Å²) < 4.78 is 5.74. The zero-order valence-corrected chi connectivity index (χ0v) is 12.7.